The van der Waals surface area contributed by atoms with Crippen molar-refractivity contribution in [3.05, 3.63) is 30.3 Å². The Bertz CT molecular complexity index is 296. The van der Waals surface area contributed by atoms with E-state index < -0.39 is 8.32 Å². The van der Waals surface area contributed by atoms with Crippen molar-refractivity contribution in [2.45, 2.75) is 38.9 Å². The quantitative estimate of drug-likeness (QED) is 0.571. The van der Waals surface area contributed by atoms with Crippen LogP contribution >= 0.6 is 0 Å². The topological polar surface area (TPSA) is 9.23 Å². The van der Waals surface area contributed by atoms with Crippen molar-refractivity contribution in [2.75, 3.05) is 0 Å². The molecule has 16 heavy (non-hydrogen) atoms. The summed E-state index contributed by atoms with van der Waals surface area (Å²) >= 11 is 0. The molecule has 0 heterocycles. The summed E-state index contributed by atoms with van der Waals surface area (Å²) in [4.78, 5) is 0. The van der Waals surface area contributed by atoms with E-state index in [0.29, 0.717) is 0 Å². The Kier molecular flexibility index (Phi) is 8.29. The SMILES string of the molecule is CC(C)(C)[Si](C)(C)Oc1[c-]cccc1.[Br-].[Mg+2]. The summed E-state index contributed by atoms with van der Waals surface area (Å²) in [5.74, 6) is 0.874. The van der Waals surface area contributed by atoms with Crippen LogP contribution in [0, 0.1) is 6.07 Å². The molecule has 0 amide bonds. The molecule has 0 saturated heterocycles. The first kappa shape index (κ1) is 18.8. The molecule has 86 valence electrons. The van der Waals surface area contributed by atoms with Gasteiger partial charge in [-0.2, -0.15) is 18.2 Å². The molecule has 0 N–H and O–H groups in total. The number of benzene rings is 1. The van der Waals surface area contributed by atoms with Gasteiger partial charge in [-0.25, -0.2) is 0 Å². The van der Waals surface area contributed by atoms with E-state index in [1.165, 1.54) is 0 Å². The van der Waals surface area contributed by atoms with E-state index in [4.69, 9.17) is 4.43 Å². The van der Waals surface area contributed by atoms with Gasteiger partial charge < -0.3 is 21.4 Å². The molecule has 0 radical (unpaired) electrons. The van der Waals surface area contributed by atoms with Crippen molar-refractivity contribution in [2.24, 2.45) is 0 Å². The fourth-order valence-electron chi connectivity index (χ4n) is 0.868. The summed E-state index contributed by atoms with van der Waals surface area (Å²) in [6.45, 7) is 11.2. The smallest absolute Gasteiger partial charge is 1.00 e. The molecular weight excluding hydrogens is 292 g/mol. The number of hydrogen-bond acceptors (Lipinski definition) is 1. The van der Waals surface area contributed by atoms with Crippen molar-refractivity contribution in [3.8, 4) is 5.75 Å². The van der Waals surface area contributed by atoms with E-state index in [0.717, 1.165) is 5.75 Å². The van der Waals surface area contributed by atoms with Crippen LogP contribution in [0.4, 0.5) is 0 Å². The van der Waals surface area contributed by atoms with Gasteiger partial charge in [0.1, 0.15) is 0 Å². The Hall–Kier alpha value is 0.483. The Morgan fingerprint density at radius 2 is 1.75 bits per heavy atom. The molecular formula is C12H19BrMgOSi. The zero-order valence-corrected chi connectivity index (χ0v) is 14.8. The second-order valence-electron chi connectivity index (χ2n) is 5.09. The maximum absolute atomic E-state index is 6.05. The van der Waals surface area contributed by atoms with Crippen molar-refractivity contribution in [1.82, 2.24) is 0 Å². The van der Waals surface area contributed by atoms with Crippen molar-refractivity contribution in [3.63, 3.8) is 0 Å². The van der Waals surface area contributed by atoms with Gasteiger partial charge in [0.2, 0.25) is 8.32 Å². The molecule has 0 aromatic heterocycles. The third-order valence-corrected chi connectivity index (χ3v) is 7.19. The average Bonchev–Trinajstić information content (AvgIpc) is 2.03. The van der Waals surface area contributed by atoms with Crippen LogP contribution in [0.5, 0.6) is 5.75 Å². The molecule has 0 aliphatic carbocycles. The molecule has 1 aromatic rings. The van der Waals surface area contributed by atoms with Gasteiger partial charge in [0.15, 0.2) is 0 Å². The standard InChI is InChI=1S/C12H19OSi.BrH.Mg/c1-12(2,3)14(4,5)13-11-9-7-6-8-10-11;;/h6-9H,1-5H3;1H;/q-1;;+2/p-1. The number of halogens is 1. The second-order valence-corrected chi connectivity index (χ2v) is 9.81. The van der Waals surface area contributed by atoms with Crippen LogP contribution in [0.25, 0.3) is 0 Å². The molecule has 0 unspecified atom stereocenters. The normalized spacial score (nSPS) is 11.1. The number of rotatable bonds is 2. The van der Waals surface area contributed by atoms with Gasteiger partial charge in [-0.15, -0.1) is 12.1 Å². The molecule has 1 nitrogen and oxygen atoms in total. The molecule has 0 bridgehead atoms. The Labute approximate surface area is 127 Å². The van der Waals surface area contributed by atoms with Gasteiger partial charge >= 0.3 is 23.1 Å². The van der Waals surface area contributed by atoms with E-state index in [-0.39, 0.29) is 45.1 Å². The molecule has 0 fully saturated rings. The van der Waals surface area contributed by atoms with Crippen molar-refractivity contribution < 1.29 is 21.4 Å². The summed E-state index contributed by atoms with van der Waals surface area (Å²) in [6.07, 6.45) is 0. The largest absolute Gasteiger partial charge is 2.00 e. The van der Waals surface area contributed by atoms with Crippen molar-refractivity contribution >= 4 is 31.4 Å². The maximum atomic E-state index is 6.05. The fraction of sp³-hybridized carbons (Fsp3) is 0.500. The van der Waals surface area contributed by atoms with Gasteiger partial charge in [-0.05, 0) is 23.9 Å². The predicted octanol–water partition coefficient (Wildman–Crippen LogP) is 0.494. The third-order valence-electron chi connectivity index (χ3n) is 2.85. The zero-order valence-electron chi connectivity index (χ0n) is 10.8. The molecule has 1 rings (SSSR count). The molecule has 0 atom stereocenters. The van der Waals surface area contributed by atoms with Crippen LogP contribution in [-0.2, 0) is 0 Å². The summed E-state index contributed by atoms with van der Waals surface area (Å²) in [5.41, 5.74) is 0. The molecule has 4 heteroatoms. The number of hydrogen-bond donors (Lipinski definition) is 0. The van der Waals surface area contributed by atoms with Gasteiger partial charge in [0.05, 0.1) is 0 Å². The number of para-hydroxylation sites is 1. The summed E-state index contributed by atoms with van der Waals surface area (Å²) in [6, 6.07) is 10.9. The first-order valence-corrected chi connectivity index (χ1v) is 7.89. The van der Waals surface area contributed by atoms with Gasteiger partial charge in [0, 0.05) is 0 Å². The third kappa shape index (κ3) is 5.21. The van der Waals surface area contributed by atoms with Gasteiger partial charge in [-0.1, -0.05) is 20.8 Å². The van der Waals surface area contributed by atoms with E-state index in [1.807, 2.05) is 24.3 Å². The second kappa shape index (κ2) is 7.04. The van der Waals surface area contributed by atoms with Crippen molar-refractivity contribution in [1.29, 1.82) is 0 Å². The molecule has 1 aromatic carbocycles. The maximum Gasteiger partial charge on any atom is 2.00 e. The summed E-state index contributed by atoms with van der Waals surface area (Å²) in [5, 5.41) is 0.247. The molecule has 0 spiro atoms. The monoisotopic (exact) mass is 310 g/mol. The van der Waals surface area contributed by atoms with Gasteiger partial charge in [0.25, 0.3) is 0 Å². The Morgan fingerprint density at radius 1 is 1.19 bits per heavy atom. The first-order chi connectivity index (χ1) is 6.33. The molecule has 0 aliphatic rings. The molecule has 0 aliphatic heterocycles. The van der Waals surface area contributed by atoms with Crippen LogP contribution in [-0.4, -0.2) is 31.4 Å². The fourth-order valence-corrected chi connectivity index (χ4v) is 1.85. The average molecular weight is 312 g/mol. The minimum atomic E-state index is -1.68. The first-order valence-electron chi connectivity index (χ1n) is 4.99. The van der Waals surface area contributed by atoms with E-state index in [1.54, 1.807) is 0 Å². The van der Waals surface area contributed by atoms with Crippen LogP contribution < -0.4 is 21.4 Å². The summed E-state index contributed by atoms with van der Waals surface area (Å²) < 4.78 is 6.05. The predicted molar refractivity (Wildman–Crippen MR) is 68.9 cm³/mol. The van der Waals surface area contributed by atoms with Crippen LogP contribution in [0.2, 0.25) is 18.1 Å². The van der Waals surface area contributed by atoms with Crippen LogP contribution in [0.3, 0.4) is 0 Å². The van der Waals surface area contributed by atoms with E-state index >= 15 is 0 Å². The zero-order chi connectivity index (χ0) is 10.8. The Morgan fingerprint density at radius 3 is 2.12 bits per heavy atom. The Balaban J connectivity index is 0. The van der Waals surface area contributed by atoms with E-state index in [2.05, 4.69) is 39.9 Å². The summed E-state index contributed by atoms with van der Waals surface area (Å²) in [7, 11) is -1.68. The minimum absolute atomic E-state index is 0. The minimum Gasteiger partial charge on any atom is -1.00 e. The van der Waals surface area contributed by atoms with Crippen LogP contribution in [0.1, 0.15) is 20.8 Å². The molecule has 0 saturated carbocycles. The van der Waals surface area contributed by atoms with Crippen LogP contribution in [0.15, 0.2) is 24.3 Å². The van der Waals surface area contributed by atoms with Gasteiger partial charge in [-0.3, -0.25) is 0 Å². The van der Waals surface area contributed by atoms with E-state index in [9.17, 15) is 0 Å².